The summed E-state index contributed by atoms with van der Waals surface area (Å²) in [6.07, 6.45) is 3.24. The molecule has 0 N–H and O–H groups in total. The molecule has 0 unspecified atom stereocenters. The summed E-state index contributed by atoms with van der Waals surface area (Å²) in [4.78, 5) is 2.40. The van der Waals surface area contributed by atoms with Crippen LogP contribution in [-0.4, -0.2) is 69.3 Å². The first-order valence-corrected chi connectivity index (χ1v) is 8.97. The van der Waals surface area contributed by atoms with Gasteiger partial charge in [-0.2, -0.15) is 4.31 Å². The van der Waals surface area contributed by atoms with Crippen molar-refractivity contribution in [3.05, 3.63) is 0 Å². The third-order valence-electron chi connectivity index (χ3n) is 4.12. The Labute approximate surface area is 117 Å². The number of ether oxygens (including phenoxy) is 1. The maximum Gasteiger partial charge on any atom is 0.214 e. The minimum absolute atomic E-state index is 0.277. The second-order valence-corrected chi connectivity index (χ2v) is 7.79. The van der Waals surface area contributed by atoms with Crippen LogP contribution in [0.3, 0.4) is 0 Å². The lowest BCUT2D eigenvalue weighted by Crippen LogP contribution is -2.42. The standard InChI is InChI=1S/C13H26N2O3S/c1-13-3-6-14(7-4-13)5-2-12-19(16,17)15-8-10-18-11-9-15/h13H,2-12H2,1H3. The van der Waals surface area contributed by atoms with Gasteiger partial charge in [0.25, 0.3) is 0 Å². The molecule has 2 aliphatic rings. The topological polar surface area (TPSA) is 49.9 Å². The highest BCUT2D eigenvalue weighted by molar-refractivity contribution is 7.89. The third-order valence-corrected chi connectivity index (χ3v) is 6.07. The van der Waals surface area contributed by atoms with Gasteiger partial charge in [0.05, 0.1) is 19.0 Å². The lowest BCUT2D eigenvalue weighted by Gasteiger charge is -2.30. The summed E-state index contributed by atoms with van der Waals surface area (Å²) in [5.41, 5.74) is 0. The summed E-state index contributed by atoms with van der Waals surface area (Å²) in [5, 5.41) is 0. The molecular weight excluding hydrogens is 264 g/mol. The van der Waals surface area contributed by atoms with Crippen molar-refractivity contribution >= 4 is 10.0 Å². The maximum atomic E-state index is 12.1. The monoisotopic (exact) mass is 290 g/mol. The lowest BCUT2D eigenvalue weighted by atomic mass is 9.99. The van der Waals surface area contributed by atoms with Crippen molar-refractivity contribution in [1.29, 1.82) is 0 Å². The van der Waals surface area contributed by atoms with Gasteiger partial charge in [-0.05, 0) is 44.8 Å². The summed E-state index contributed by atoms with van der Waals surface area (Å²) < 4.78 is 31.0. The van der Waals surface area contributed by atoms with Crippen LogP contribution in [-0.2, 0) is 14.8 Å². The molecule has 0 aromatic heterocycles. The zero-order chi connectivity index (χ0) is 13.7. The van der Waals surface area contributed by atoms with Gasteiger partial charge in [0, 0.05) is 13.1 Å². The van der Waals surface area contributed by atoms with Gasteiger partial charge in [-0.1, -0.05) is 6.92 Å². The maximum absolute atomic E-state index is 12.1. The molecule has 0 saturated carbocycles. The summed E-state index contributed by atoms with van der Waals surface area (Å²) in [7, 11) is -3.07. The van der Waals surface area contributed by atoms with Crippen LogP contribution in [0.25, 0.3) is 0 Å². The van der Waals surface area contributed by atoms with Crippen LogP contribution in [0, 0.1) is 5.92 Å². The quantitative estimate of drug-likeness (QED) is 0.750. The zero-order valence-corrected chi connectivity index (χ0v) is 12.7. The molecule has 19 heavy (non-hydrogen) atoms. The largest absolute Gasteiger partial charge is 0.379 e. The van der Waals surface area contributed by atoms with Crippen LogP contribution >= 0.6 is 0 Å². The highest BCUT2D eigenvalue weighted by Crippen LogP contribution is 2.16. The molecule has 2 saturated heterocycles. The van der Waals surface area contributed by atoms with E-state index in [-0.39, 0.29) is 5.75 Å². The smallest absolute Gasteiger partial charge is 0.214 e. The third kappa shape index (κ3) is 4.70. The minimum atomic E-state index is -3.07. The van der Waals surface area contributed by atoms with Crippen molar-refractivity contribution in [3.63, 3.8) is 0 Å². The number of morpholine rings is 1. The van der Waals surface area contributed by atoms with Crippen LogP contribution in [0.2, 0.25) is 0 Å². The molecule has 0 aliphatic carbocycles. The molecule has 112 valence electrons. The Balaban J connectivity index is 1.69. The van der Waals surface area contributed by atoms with Gasteiger partial charge in [-0.15, -0.1) is 0 Å². The number of rotatable bonds is 5. The van der Waals surface area contributed by atoms with Crippen LogP contribution in [0.5, 0.6) is 0 Å². The predicted molar refractivity (Wildman–Crippen MR) is 75.6 cm³/mol. The van der Waals surface area contributed by atoms with Crippen molar-refractivity contribution in [1.82, 2.24) is 9.21 Å². The number of likely N-dealkylation sites (tertiary alicyclic amines) is 1. The highest BCUT2D eigenvalue weighted by Gasteiger charge is 2.24. The van der Waals surface area contributed by atoms with E-state index in [1.165, 1.54) is 12.8 Å². The fraction of sp³-hybridized carbons (Fsp3) is 1.00. The fourth-order valence-corrected chi connectivity index (χ4v) is 4.17. The molecule has 0 amide bonds. The number of hydrogen-bond acceptors (Lipinski definition) is 4. The van der Waals surface area contributed by atoms with Crippen LogP contribution in [0.15, 0.2) is 0 Å². The Morgan fingerprint density at radius 3 is 2.37 bits per heavy atom. The Kier molecular flexibility index (Phi) is 5.62. The molecule has 5 nitrogen and oxygen atoms in total. The molecule has 2 fully saturated rings. The molecule has 2 heterocycles. The van der Waals surface area contributed by atoms with E-state index >= 15 is 0 Å². The van der Waals surface area contributed by atoms with Gasteiger partial charge in [0.2, 0.25) is 10.0 Å². The molecule has 2 rings (SSSR count). The van der Waals surface area contributed by atoms with Gasteiger partial charge in [-0.3, -0.25) is 0 Å². The molecule has 0 atom stereocenters. The van der Waals surface area contributed by atoms with E-state index in [0.29, 0.717) is 26.3 Å². The van der Waals surface area contributed by atoms with Gasteiger partial charge in [0.1, 0.15) is 0 Å². The molecule has 6 heteroatoms. The Hall–Kier alpha value is -0.170. The first-order chi connectivity index (χ1) is 9.08. The van der Waals surface area contributed by atoms with E-state index in [2.05, 4.69) is 11.8 Å². The number of sulfonamides is 1. The van der Waals surface area contributed by atoms with Crippen LogP contribution in [0.1, 0.15) is 26.2 Å². The molecule has 0 bridgehead atoms. The molecule has 0 radical (unpaired) electrons. The van der Waals surface area contributed by atoms with E-state index in [4.69, 9.17) is 4.74 Å². The van der Waals surface area contributed by atoms with E-state index in [1.54, 1.807) is 4.31 Å². The van der Waals surface area contributed by atoms with E-state index in [1.807, 2.05) is 0 Å². The second kappa shape index (κ2) is 7.02. The Morgan fingerprint density at radius 2 is 1.74 bits per heavy atom. The van der Waals surface area contributed by atoms with Crippen molar-refractivity contribution in [3.8, 4) is 0 Å². The molecule has 0 spiro atoms. The number of hydrogen-bond donors (Lipinski definition) is 0. The lowest BCUT2D eigenvalue weighted by molar-refractivity contribution is 0.0730. The normalized spacial score (nSPS) is 24.7. The Bertz CT molecular complexity index is 358. The number of nitrogens with zero attached hydrogens (tertiary/aromatic N) is 2. The molecule has 2 aliphatic heterocycles. The molecule has 0 aromatic carbocycles. The van der Waals surface area contributed by atoms with Gasteiger partial charge < -0.3 is 9.64 Å². The average Bonchev–Trinajstić information content (AvgIpc) is 2.42. The van der Waals surface area contributed by atoms with Gasteiger partial charge >= 0.3 is 0 Å². The zero-order valence-electron chi connectivity index (χ0n) is 11.9. The first-order valence-electron chi connectivity index (χ1n) is 7.36. The average molecular weight is 290 g/mol. The van der Waals surface area contributed by atoms with Gasteiger partial charge in [0.15, 0.2) is 0 Å². The van der Waals surface area contributed by atoms with Gasteiger partial charge in [-0.25, -0.2) is 8.42 Å². The van der Waals surface area contributed by atoms with E-state index in [9.17, 15) is 8.42 Å². The molecule has 0 aromatic rings. The van der Waals surface area contributed by atoms with E-state index < -0.39 is 10.0 Å². The highest BCUT2D eigenvalue weighted by atomic mass is 32.2. The van der Waals surface area contributed by atoms with Crippen LogP contribution in [0.4, 0.5) is 0 Å². The van der Waals surface area contributed by atoms with Crippen molar-refractivity contribution < 1.29 is 13.2 Å². The predicted octanol–water partition coefficient (Wildman–Crippen LogP) is 0.770. The summed E-state index contributed by atoms with van der Waals surface area (Å²) in [6, 6.07) is 0. The fourth-order valence-electron chi connectivity index (χ4n) is 2.71. The van der Waals surface area contributed by atoms with Crippen molar-refractivity contribution in [2.45, 2.75) is 26.2 Å². The summed E-state index contributed by atoms with van der Waals surface area (Å²) >= 11 is 0. The van der Waals surface area contributed by atoms with Crippen LogP contribution < -0.4 is 0 Å². The summed E-state index contributed by atoms with van der Waals surface area (Å²) in [6.45, 7) is 7.55. The first kappa shape index (κ1) is 15.2. The van der Waals surface area contributed by atoms with Crippen molar-refractivity contribution in [2.75, 3.05) is 51.7 Å². The number of piperidine rings is 1. The second-order valence-electron chi connectivity index (χ2n) is 5.71. The summed E-state index contributed by atoms with van der Waals surface area (Å²) in [5.74, 6) is 1.10. The van der Waals surface area contributed by atoms with E-state index in [0.717, 1.165) is 32.0 Å². The Morgan fingerprint density at radius 1 is 1.11 bits per heavy atom. The molecular formula is C13H26N2O3S. The van der Waals surface area contributed by atoms with Crippen molar-refractivity contribution in [2.24, 2.45) is 5.92 Å². The SMILES string of the molecule is CC1CCN(CCCS(=O)(=O)N2CCOCC2)CC1. The minimum Gasteiger partial charge on any atom is -0.379 e.